The van der Waals surface area contributed by atoms with E-state index in [0.29, 0.717) is 6.42 Å². The minimum atomic E-state index is -1.26. The highest BCUT2D eigenvalue weighted by Gasteiger charge is 2.37. The first-order valence-corrected chi connectivity index (χ1v) is 6.71. The quantitative estimate of drug-likeness (QED) is 0.627. The molecule has 0 bridgehead atoms. The van der Waals surface area contributed by atoms with Gasteiger partial charge in [0.05, 0.1) is 12.3 Å². The Morgan fingerprint density at radius 2 is 2.24 bits per heavy atom. The highest BCUT2D eigenvalue weighted by Crippen LogP contribution is 2.21. The Morgan fingerprint density at radius 1 is 1.48 bits per heavy atom. The summed E-state index contributed by atoms with van der Waals surface area (Å²) in [6, 6.07) is -0.229. The maximum Gasteiger partial charge on any atom is 0.271 e. The van der Waals surface area contributed by atoms with Crippen molar-refractivity contribution in [2.45, 2.75) is 31.0 Å². The molecule has 2 unspecified atom stereocenters. The van der Waals surface area contributed by atoms with E-state index >= 15 is 0 Å². The summed E-state index contributed by atoms with van der Waals surface area (Å²) in [6.45, 7) is 0.226. The van der Waals surface area contributed by atoms with Gasteiger partial charge < -0.3 is 25.2 Å². The number of aliphatic hydroxyl groups excluding tert-OH is 2. The monoisotopic (exact) mass is 296 g/mol. The number of likely N-dealkylation sites (N-methyl/N-ethyl adjacent to an activating group) is 1. The van der Waals surface area contributed by atoms with Crippen LogP contribution in [0.4, 0.5) is 0 Å². The SMILES string of the molecule is CN(C)C1C[C@@H](CNC(=O)c2cnccn2)O[C@@H](O)C1O. The van der Waals surface area contributed by atoms with Gasteiger partial charge in [-0.1, -0.05) is 0 Å². The summed E-state index contributed by atoms with van der Waals surface area (Å²) in [6.07, 6.45) is 2.20. The summed E-state index contributed by atoms with van der Waals surface area (Å²) in [7, 11) is 3.64. The lowest BCUT2D eigenvalue weighted by molar-refractivity contribution is -0.232. The summed E-state index contributed by atoms with van der Waals surface area (Å²) >= 11 is 0. The predicted octanol–water partition coefficient (Wildman–Crippen LogP) is -1.40. The van der Waals surface area contributed by atoms with Gasteiger partial charge in [-0.2, -0.15) is 0 Å². The van der Waals surface area contributed by atoms with Crippen molar-refractivity contribution >= 4 is 5.91 Å². The van der Waals surface area contributed by atoms with Gasteiger partial charge in [0, 0.05) is 25.0 Å². The summed E-state index contributed by atoms with van der Waals surface area (Å²) in [5.74, 6) is -0.353. The number of aliphatic hydroxyl groups is 2. The third-order valence-corrected chi connectivity index (χ3v) is 3.47. The molecule has 1 aliphatic rings. The fourth-order valence-corrected chi connectivity index (χ4v) is 2.29. The summed E-state index contributed by atoms with van der Waals surface area (Å²) in [5, 5.41) is 22.3. The molecule has 8 heteroatoms. The van der Waals surface area contributed by atoms with Gasteiger partial charge in [-0.05, 0) is 20.5 Å². The minimum absolute atomic E-state index is 0.220. The van der Waals surface area contributed by atoms with Crippen LogP contribution >= 0.6 is 0 Å². The molecule has 1 fully saturated rings. The van der Waals surface area contributed by atoms with Gasteiger partial charge in [0.1, 0.15) is 11.8 Å². The average molecular weight is 296 g/mol. The van der Waals surface area contributed by atoms with Crippen molar-refractivity contribution in [2.24, 2.45) is 0 Å². The largest absolute Gasteiger partial charge is 0.386 e. The number of nitrogens with zero attached hydrogens (tertiary/aromatic N) is 3. The van der Waals surface area contributed by atoms with Crippen LogP contribution in [0, 0.1) is 0 Å². The first-order valence-electron chi connectivity index (χ1n) is 6.71. The average Bonchev–Trinajstić information content (AvgIpc) is 2.48. The van der Waals surface area contributed by atoms with Crippen LogP contribution in [-0.2, 0) is 4.74 Å². The van der Waals surface area contributed by atoms with Crippen LogP contribution in [0.2, 0.25) is 0 Å². The first kappa shape index (κ1) is 15.8. The molecule has 2 rings (SSSR count). The van der Waals surface area contributed by atoms with E-state index in [2.05, 4.69) is 15.3 Å². The second-order valence-electron chi connectivity index (χ2n) is 5.21. The van der Waals surface area contributed by atoms with Crippen LogP contribution in [0.3, 0.4) is 0 Å². The van der Waals surface area contributed by atoms with E-state index in [9.17, 15) is 15.0 Å². The molecule has 0 spiro atoms. The van der Waals surface area contributed by atoms with Gasteiger partial charge in [0.25, 0.3) is 5.91 Å². The summed E-state index contributed by atoms with van der Waals surface area (Å²) in [4.78, 5) is 21.4. The zero-order valence-electron chi connectivity index (χ0n) is 12.0. The topological polar surface area (TPSA) is 108 Å². The lowest BCUT2D eigenvalue weighted by atomic mass is 9.98. The Balaban J connectivity index is 1.90. The van der Waals surface area contributed by atoms with Gasteiger partial charge in [-0.3, -0.25) is 9.78 Å². The molecule has 1 aliphatic heterocycles. The molecular weight excluding hydrogens is 276 g/mol. The van der Waals surface area contributed by atoms with Gasteiger partial charge in [-0.25, -0.2) is 4.98 Å². The molecule has 1 saturated heterocycles. The Bertz CT molecular complexity index is 470. The number of hydrogen-bond acceptors (Lipinski definition) is 7. The van der Waals surface area contributed by atoms with Crippen molar-refractivity contribution in [3.8, 4) is 0 Å². The number of rotatable bonds is 4. The number of amides is 1. The Hall–Kier alpha value is -1.61. The van der Waals surface area contributed by atoms with Crippen LogP contribution in [0.25, 0.3) is 0 Å². The second kappa shape index (κ2) is 6.90. The molecule has 21 heavy (non-hydrogen) atoms. The molecule has 8 nitrogen and oxygen atoms in total. The lowest BCUT2D eigenvalue weighted by Gasteiger charge is -2.40. The zero-order valence-corrected chi connectivity index (χ0v) is 12.0. The molecule has 3 N–H and O–H groups in total. The highest BCUT2D eigenvalue weighted by molar-refractivity contribution is 5.91. The third-order valence-electron chi connectivity index (χ3n) is 3.47. The zero-order chi connectivity index (χ0) is 15.4. The second-order valence-corrected chi connectivity index (χ2v) is 5.21. The van der Waals surface area contributed by atoms with E-state index in [1.807, 2.05) is 19.0 Å². The van der Waals surface area contributed by atoms with Crippen molar-refractivity contribution in [3.63, 3.8) is 0 Å². The number of carbonyl (C=O) groups excluding carboxylic acids is 1. The number of hydrogen-bond donors (Lipinski definition) is 3. The van der Waals surface area contributed by atoms with Gasteiger partial charge in [0.15, 0.2) is 6.29 Å². The normalized spacial score (nSPS) is 29.4. The molecule has 1 aromatic rings. The van der Waals surface area contributed by atoms with Crippen LogP contribution in [-0.4, -0.2) is 76.2 Å². The molecule has 0 aliphatic carbocycles. The minimum Gasteiger partial charge on any atom is -0.386 e. The van der Waals surface area contributed by atoms with Gasteiger partial charge >= 0.3 is 0 Å². The number of aromatic nitrogens is 2. The van der Waals surface area contributed by atoms with Gasteiger partial charge in [0.2, 0.25) is 0 Å². The van der Waals surface area contributed by atoms with Crippen molar-refractivity contribution < 1.29 is 19.7 Å². The number of nitrogens with one attached hydrogen (secondary N) is 1. The maximum atomic E-state index is 11.9. The van der Waals surface area contributed by atoms with Crippen LogP contribution < -0.4 is 5.32 Å². The number of ether oxygens (including phenoxy) is 1. The molecule has 4 atom stereocenters. The van der Waals surface area contributed by atoms with Crippen LogP contribution in [0.5, 0.6) is 0 Å². The Morgan fingerprint density at radius 3 is 2.86 bits per heavy atom. The van der Waals surface area contributed by atoms with E-state index in [4.69, 9.17) is 4.74 Å². The van der Waals surface area contributed by atoms with Crippen LogP contribution in [0.15, 0.2) is 18.6 Å². The Labute approximate surface area is 122 Å². The van der Waals surface area contributed by atoms with E-state index in [0.717, 1.165) is 0 Å². The molecule has 0 aromatic carbocycles. The molecular formula is C13H20N4O4. The van der Waals surface area contributed by atoms with E-state index in [-0.39, 0.29) is 30.3 Å². The summed E-state index contributed by atoms with van der Waals surface area (Å²) < 4.78 is 5.29. The molecule has 2 heterocycles. The van der Waals surface area contributed by atoms with E-state index < -0.39 is 12.4 Å². The van der Waals surface area contributed by atoms with Crippen molar-refractivity contribution in [1.29, 1.82) is 0 Å². The van der Waals surface area contributed by atoms with Crippen molar-refractivity contribution in [3.05, 3.63) is 24.3 Å². The lowest BCUT2D eigenvalue weighted by Crippen LogP contribution is -2.55. The standard InChI is InChI=1S/C13H20N4O4/c1-17(2)10-5-8(21-13(20)11(10)18)6-16-12(19)9-7-14-3-4-15-9/h3-4,7-8,10-11,13,18,20H,5-6H2,1-2H3,(H,16,19)/t8-,10?,11?,13+/m0/s1. The third kappa shape index (κ3) is 3.94. The van der Waals surface area contributed by atoms with Crippen molar-refractivity contribution in [2.75, 3.05) is 20.6 Å². The molecule has 1 aromatic heterocycles. The van der Waals surface area contributed by atoms with E-state index in [1.54, 1.807) is 0 Å². The smallest absolute Gasteiger partial charge is 0.271 e. The summed E-state index contributed by atoms with van der Waals surface area (Å²) in [5.41, 5.74) is 0.220. The molecule has 0 radical (unpaired) electrons. The fraction of sp³-hybridized carbons (Fsp3) is 0.615. The maximum absolute atomic E-state index is 11.9. The first-order chi connectivity index (χ1) is 9.99. The molecule has 116 valence electrons. The Kier molecular flexibility index (Phi) is 5.18. The number of carbonyl (C=O) groups is 1. The van der Waals surface area contributed by atoms with Gasteiger partial charge in [-0.15, -0.1) is 0 Å². The molecule has 1 amide bonds. The van der Waals surface area contributed by atoms with Crippen molar-refractivity contribution in [1.82, 2.24) is 20.2 Å². The fourth-order valence-electron chi connectivity index (χ4n) is 2.29. The van der Waals surface area contributed by atoms with Crippen LogP contribution in [0.1, 0.15) is 16.9 Å². The predicted molar refractivity (Wildman–Crippen MR) is 73.3 cm³/mol. The molecule has 0 saturated carbocycles. The van der Waals surface area contributed by atoms with E-state index in [1.165, 1.54) is 18.6 Å². The highest BCUT2D eigenvalue weighted by atomic mass is 16.6.